The van der Waals surface area contributed by atoms with Crippen molar-refractivity contribution in [2.75, 3.05) is 0 Å². The maximum atomic E-state index is 4.28. The normalized spacial score (nSPS) is 9.71. The van der Waals surface area contributed by atoms with Crippen LogP contribution in [0.25, 0.3) is 5.65 Å². The summed E-state index contributed by atoms with van der Waals surface area (Å²) in [7, 11) is 0. The number of aryl methyl sites for hydroxylation is 2. The average molecular weight is 191 g/mol. The Morgan fingerprint density at radius 1 is 1.36 bits per heavy atom. The summed E-state index contributed by atoms with van der Waals surface area (Å²) in [4.78, 5) is 4.27. The molecule has 0 N–H and O–H groups in total. The largest absolute Gasteiger partial charge is 0.237 e. The fraction of sp³-hybridized carbons (Fsp3) is 0.455. The highest BCUT2D eigenvalue weighted by Gasteiger charge is 1.98. The molecule has 2 rings (SSSR count). The Labute approximate surface area is 84.8 Å². The summed E-state index contributed by atoms with van der Waals surface area (Å²) in [6, 6.07) is 1.97. The molecule has 0 unspecified atom stereocenters. The molecule has 0 aliphatic carbocycles. The van der Waals surface area contributed by atoms with Crippen molar-refractivity contribution in [1.82, 2.24) is 14.6 Å². The molecule has 2 heterocycles. The molecule has 0 aliphatic heterocycles. The first-order chi connectivity index (χ1) is 6.79. The highest BCUT2D eigenvalue weighted by atomic mass is 15.2. The van der Waals surface area contributed by atoms with Gasteiger partial charge in [0.25, 0.3) is 0 Å². The minimum absolute atomic E-state index is 0.921. The number of rotatable bonds is 1. The summed E-state index contributed by atoms with van der Waals surface area (Å²) in [6.07, 6.45) is 4.92. The monoisotopic (exact) mass is 191 g/mol. The summed E-state index contributed by atoms with van der Waals surface area (Å²) in [5.41, 5.74) is 3.14. The molecule has 0 fully saturated rings. The highest BCUT2D eigenvalue weighted by Crippen LogP contribution is 2.04. The third-order valence-electron chi connectivity index (χ3n) is 1.90. The standard InChI is InChI=1S/C9H11N3.C2H6/c1-3-8-5-10-9-4-7(2)11-12(9)6-8;1-2/h4-6H,3H2,1-2H3;1-2H3. The zero-order valence-corrected chi connectivity index (χ0v) is 9.28. The van der Waals surface area contributed by atoms with Crippen LogP contribution < -0.4 is 0 Å². The van der Waals surface area contributed by atoms with Gasteiger partial charge >= 0.3 is 0 Å². The van der Waals surface area contributed by atoms with E-state index in [4.69, 9.17) is 0 Å². The van der Waals surface area contributed by atoms with Crippen molar-refractivity contribution in [1.29, 1.82) is 0 Å². The van der Waals surface area contributed by atoms with Gasteiger partial charge in [0, 0.05) is 18.5 Å². The molecule has 3 nitrogen and oxygen atoms in total. The number of hydrogen-bond donors (Lipinski definition) is 0. The lowest BCUT2D eigenvalue weighted by atomic mass is 10.3. The maximum Gasteiger partial charge on any atom is 0.155 e. The predicted octanol–water partition coefficient (Wildman–Crippen LogP) is 2.63. The SMILES string of the molecule is CC.CCc1cnc2cc(C)nn2c1. The van der Waals surface area contributed by atoms with Crippen LogP contribution in [0.1, 0.15) is 32.0 Å². The van der Waals surface area contributed by atoms with Gasteiger partial charge in [0.2, 0.25) is 0 Å². The van der Waals surface area contributed by atoms with Crippen LogP contribution in [0.15, 0.2) is 18.5 Å². The Morgan fingerprint density at radius 2 is 2.07 bits per heavy atom. The van der Waals surface area contributed by atoms with Gasteiger partial charge in [-0.3, -0.25) is 0 Å². The highest BCUT2D eigenvalue weighted by molar-refractivity contribution is 5.38. The van der Waals surface area contributed by atoms with E-state index in [-0.39, 0.29) is 0 Å². The Bertz CT molecular complexity index is 404. The van der Waals surface area contributed by atoms with Gasteiger partial charge in [0.05, 0.1) is 5.69 Å². The summed E-state index contributed by atoms with van der Waals surface area (Å²) in [5.74, 6) is 0. The van der Waals surface area contributed by atoms with Crippen LogP contribution in [0, 0.1) is 6.92 Å². The van der Waals surface area contributed by atoms with Crippen LogP contribution in [0.5, 0.6) is 0 Å². The van der Waals surface area contributed by atoms with Gasteiger partial charge in [-0.2, -0.15) is 5.10 Å². The zero-order valence-electron chi connectivity index (χ0n) is 9.28. The van der Waals surface area contributed by atoms with Crippen LogP contribution in [-0.2, 0) is 6.42 Å². The smallest absolute Gasteiger partial charge is 0.155 e. The lowest BCUT2D eigenvalue weighted by Gasteiger charge is -1.95. The second-order valence-corrected chi connectivity index (χ2v) is 2.90. The molecule has 0 spiro atoms. The second-order valence-electron chi connectivity index (χ2n) is 2.90. The molecular formula is C11H17N3. The molecule has 0 saturated carbocycles. The van der Waals surface area contributed by atoms with Crippen molar-refractivity contribution >= 4 is 5.65 Å². The molecule has 0 radical (unpaired) electrons. The van der Waals surface area contributed by atoms with E-state index in [1.165, 1.54) is 5.56 Å². The van der Waals surface area contributed by atoms with Gasteiger partial charge in [0.1, 0.15) is 0 Å². The van der Waals surface area contributed by atoms with Gasteiger partial charge in [-0.25, -0.2) is 9.50 Å². The molecule has 0 amide bonds. The van der Waals surface area contributed by atoms with Crippen LogP contribution in [0.3, 0.4) is 0 Å². The van der Waals surface area contributed by atoms with E-state index >= 15 is 0 Å². The molecular weight excluding hydrogens is 174 g/mol. The summed E-state index contributed by atoms with van der Waals surface area (Å²) in [6.45, 7) is 8.08. The van der Waals surface area contributed by atoms with Crippen molar-refractivity contribution in [3.8, 4) is 0 Å². The zero-order chi connectivity index (χ0) is 10.6. The average Bonchev–Trinajstić information content (AvgIpc) is 2.59. The Hall–Kier alpha value is -1.38. The summed E-state index contributed by atoms with van der Waals surface area (Å²) in [5, 5.41) is 4.28. The lowest BCUT2D eigenvalue weighted by molar-refractivity contribution is 0.893. The van der Waals surface area contributed by atoms with Gasteiger partial charge in [-0.1, -0.05) is 20.8 Å². The van der Waals surface area contributed by atoms with Crippen LogP contribution in [0.2, 0.25) is 0 Å². The number of hydrogen-bond acceptors (Lipinski definition) is 2. The van der Waals surface area contributed by atoms with E-state index in [0.717, 1.165) is 17.8 Å². The van der Waals surface area contributed by atoms with Crippen molar-refractivity contribution in [3.63, 3.8) is 0 Å². The number of fused-ring (bicyclic) bond motifs is 1. The lowest BCUT2D eigenvalue weighted by Crippen LogP contribution is -1.92. The summed E-state index contributed by atoms with van der Waals surface area (Å²) >= 11 is 0. The van der Waals surface area contributed by atoms with Crippen molar-refractivity contribution in [2.24, 2.45) is 0 Å². The Balaban J connectivity index is 0.000000461. The van der Waals surface area contributed by atoms with Crippen molar-refractivity contribution in [2.45, 2.75) is 34.1 Å². The molecule has 2 aromatic rings. The van der Waals surface area contributed by atoms with Gasteiger partial charge < -0.3 is 0 Å². The molecule has 0 bridgehead atoms. The minimum atomic E-state index is 0.921. The molecule has 3 heteroatoms. The fourth-order valence-corrected chi connectivity index (χ4v) is 1.22. The van der Waals surface area contributed by atoms with Gasteiger partial charge in [-0.15, -0.1) is 0 Å². The van der Waals surface area contributed by atoms with Crippen LogP contribution in [0.4, 0.5) is 0 Å². The first kappa shape index (κ1) is 10.7. The number of aromatic nitrogens is 3. The molecule has 2 aromatic heterocycles. The Morgan fingerprint density at radius 3 is 2.71 bits per heavy atom. The van der Waals surface area contributed by atoms with Crippen LogP contribution in [-0.4, -0.2) is 14.6 Å². The first-order valence-electron chi connectivity index (χ1n) is 5.10. The van der Waals surface area contributed by atoms with E-state index in [2.05, 4.69) is 17.0 Å². The minimum Gasteiger partial charge on any atom is -0.237 e. The predicted molar refractivity (Wildman–Crippen MR) is 58.5 cm³/mol. The van der Waals surface area contributed by atoms with E-state index in [1.54, 1.807) is 0 Å². The van der Waals surface area contributed by atoms with Crippen molar-refractivity contribution in [3.05, 3.63) is 29.7 Å². The van der Waals surface area contributed by atoms with Crippen molar-refractivity contribution < 1.29 is 0 Å². The third kappa shape index (κ3) is 2.10. The molecule has 0 aromatic carbocycles. The van der Waals surface area contributed by atoms with E-state index in [9.17, 15) is 0 Å². The first-order valence-corrected chi connectivity index (χ1v) is 5.10. The second kappa shape index (κ2) is 4.74. The molecule has 76 valence electrons. The maximum absolute atomic E-state index is 4.28. The number of nitrogens with zero attached hydrogens (tertiary/aromatic N) is 3. The van der Waals surface area contributed by atoms with Crippen LogP contribution >= 0.6 is 0 Å². The molecule has 0 atom stereocenters. The van der Waals surface area contributed by atoms with E-state index in [0.29, 0.717) is 0 Å². The summed E-state index contributed by atoms with van der Waals surface area (Å²) < 4.78 is 1.83. The Kier molecular flexibility index (Phi) is 3.63. The van der Waals surface area contributed by atoms with Gasteiger partial charge in [-0.05, 0) is 18.9 Å². The van der Waals surface area contributed by atoms with Gasteiger partial charge in [0.15, 0.2) is 5.65 Å². The molecule has 0 aliphatic rings. The molecule has 0 saturated heterocycles. The van der Waals surface area contributed by atoms with E-state index in [1.807, 2.05) is 43.7 Å². The fourth-order valence-electron chi connectivity index (χ4n) is 1.22. The topological polar surface area (TPSA) is 30.2 Å². The molecule has 14 heavy (non-hydrogen) atoms. The third-order valence-corrected chi connectivity index (χ3v) is 1.90. The van der Waals surface area contributed by atoms with E-state index < -0.39 is 0 Å². The quantitative estimate of drug-likeness (QED) is 0.693.